The molecule has 0 saturated carbocycles. The van der Waals surface area contributed by atoms with Crippen LogP contribution >= 0.6 is 11.6 Å². The van der Waals surface area contributed by atoms with Gasteiger partial charge in [0, 0.05) is 11.6 Å². The van der Waals surface area contributed by atoms with Crippen LogP contribution in [0, 0.1) is 27.7 Å². The van der Waals surface area contributed by atoms with Gasteiger partial charge >= 0.3 is 0 Å². The van der Waals surface area contributed by atoms with Gasteiger partial charge in [0.15, 0.2) is 6.54 Å². The topological polar surface area (TPSA) is 70.9 Å². The lowest BCUT2D eigenvalue weighted by Crippen LogP contribution is -3.15. The molecule has 0 atom stereocenters. The highest BCUT2D eigenvalue weighted by atomic mass is 35.5. The average Bonchev–Trinajstić information content (AvgIpc) is 2.72. The minimum atomic E-state index is -3.57. The smallest absolute Gasteiger partial charge is 0.275 e. The van der Waals surface area contributed by atoms with E-state index in [0.717, 1.165) is 32.7 Å². The van der Waals surface area contributed by atoms with Crippen LogP contribution in [0.25, 0.3) is 0 Å². The molecule has 0 unspecified atom stereocenters. The number of hydrogen-bond donors (Lipinski definition) is 2. The van der Waals surface area contributed by atoms with Gasteiger partial charge < -0.3 is 10.2 Å². The number of sulfonamides is 1. The van der Waals surface area contributed by atoms with E-state index in [1.165, 1.54) is 0 Å². The summed E-state index contributed by atoms with van der Waals surface area (Å²) in [7, 11) is -3.57. The van der Waals surface area contributed by atoms with Gasteiger partial charge in [0.2, 0.25) is 10.0 Å². The molecule has 0 bridgehead atoms. The average molecular weight is 465 g/mol. The summed E-state index contributed by atoms with van der Waals surface area (Å²) in [4.78, 5) is 13.9. The number of rotatable bonds is 6. The molecule has 8 heteroatoms. The number of halogens is 1. The molecule has 2 N–H and O–H groups in total. The zero-order valence-corrected chi connectivity index (χ0v) is 20.2. The van der Waals surface area contributed by atoms with Crippen molar-refractivity contribution in [2.75, 3.05) is 32.7 Å². The highest BCUT2D eigenvalue weighted by molar-refractivity contribution is 7.89. The Morgan fingerprint density at radius 2 is 1.65 bits per heavy atom. The zero-order chi connectivity index (χ0) is 22.8. The van der Waals surface area contributed by atoms with Crippen LogP contribution in [-0.2, 0) is 21.4 Å². The van der Waals surface area contributed by atoms with Gasteiger partial charge in [-0.25, -0.2) is 8.42 Å². The quantitative estimate of drug-likeness (QED) is 0.684. The molecular formula is C23H31ClN3O3S+. The van der Waals surface area contributed by atoms with Crippen LogP contribution < -0.4 is 10.2 Å². The van der Waals surface area contributed by atoms with Crippen LogP contribution in [0.3, 0.4) is 0 Å². The second kappa shape index (κ2) is 9.69. The lowest BCUT2D eigenvalue weighted by Gasteiger charge is -2.32. The van der Waals surface area contributed by atoms with E-state index in [9.17, 15) is 13.2 Å². The van der Waals surface area contributed by atoms with Crippen molar-refractivity contribution in [3.8, 4) is 0 Å². The maximum Gasteiger partial charge on any atom is 0.275 e. The van der Waals surface area contributed by atoms with Crippen molar-refractivity contribution in [2.24, 2.45) is 0 Å². The molecule has 2 aromatic carbocycles. The molecule has 6 nitrogen and oxygen atoms in total. The van der Waals surface area contributed by atoms with Gasteiger partial charge in [-0.15, -0.1) is 0 Å². The zero-order valence-electron chi connectivity index (χ0n) is 18.6. The van der Waals surface area contributed by atoms with E-state index in [-0.39, 0.29) is 5.91 Å². The third kappa shape index (κ3) is 5.29. The molecule has 0 aliphatic carbocycles. The van der Waals surface area contributed by atoms with Crippen molar-refractivity contribution in [2.45, 2.75) is 39.1 Å². The molecule has 0 radical (unpaired) electrons. The summed E-state index contributed by atoms with van der Waals surface area (Å²) < 4.78 is 28.3. The van der Waals surface area contributed by atoms with E-state index in [1.54, 1.807) is 10.4 Å². The third-order valence-corrected chi connectivity index (χ3v) is 8.71. The molecular weight excluding hydrogens is 434 g/mol. The van der Waals surface area contributed by atoms with E-state index in [0.29, 0.717) is 49.2 Å². The minimum absolute atomic E-state index is 0.0628. The number of nitrogens with zero attached hydrogens (tertiary/aromatic N) is 1. The Balaban J connectivity index is 1.59. The normalized spacial score (nSPS) is 15.8. The first-order valence-electron chi connectivity index (χ1n) is 10.5. The third-order valence-electron chi connectivity index (χ3n) is 6.17. The number of amides is 1. The molecule has 1 fully saturated rings. The molecule has 0 spiro atoms. The fourth-order valence-corrected chi connectivity index (χ4v) is 6.26. The van der Waals surface area contributed by atoms with Gasteiger partial charge in [-0.1, -0.05) is 35.9 Å². The number of benzene rings is 2. The molecule has 1 aliphatic rings. The molecule has 168 valence electrons. The summed E-state index contributed by atoms with van der Waals surface area (Å²) in [5, 5.41) is 3.54. The first-order valence-corrected chi connectivity index (χ1v) is 12.3. The van der Waals surface area contributed by atoms with E-state index in [4.69, 9.17) is 11.6 Å². The second-order valence-electron chi connectivity index (χ2n) is 8.29. The van der Waals surface area contributed by atoms with Gasteiger partial charge in [0.05, 0.1) is 31.1 Å². The van der Waals surface area contributed by atoms with Gasteiger partial charge in [0.1, 0.15) is 0 Å². The maximum atomic E-state index is 13.4. The lowest BCUT2D eigenvalue weighted by molar-refractivity contribution is -0.895. The largest absolute Gasteiger partial charge is 0.347 e. The Kier molecular flexibility index (Phi) is 7.42. The minimum Gasteiger partial charge on any atom is -0.347 e. The Labute approximate surface area is 190 Å². The summed E-state index contributed by atoms with van der Waals surface area (Å²) in [5.74, 6) is -0.0628. The summed E-state index contributed by atoms with van der Waals surface area (Å²) in [6, 6.07) is 9.46. The molecule has 1 saturated heterocycles. The summed E-state index contributed by atoms with van der Waals surface area (Å²) >= 11 is 6.13. The van der Waals surface area contributed by atoms with Crippen LogP contribution in [0.4, 0.5) is 0 Å². The predicted octanol–water partition coefficient (Wildman–Crippen LogP) is 1.78. The fraction of sp³-hybridized carbons (Fsp3) is 0.435. The second-order valence-corrected chi connectivity index (χ2v) is 10.6. The SMILES string of the molecule is Cc1cc(C)c(C)c(S(=O)(=O)N2CC[NH+](CC(=O)NCc3ccccc3Cl)CC2)c1C. The van der Waals surface area contributed by atoms with Crippen LogP contribution in [-0.4, -0.2) is 51.4 Å². The summed E-state index contributed by atoms with van der Waals surface area (Å²) in [6.07, 6.45) is 0. The predicted molar refractivity (Wildman–Crippen MR) is 123 cm³/mol. The van der Waals surface area contributed by atoms with E-state index >= 15 is 0 Å². The van der Waals surface area contributed by atoms with Crippen LogP contribution in [0.2, 0.25) is 5.02 Å². The van der Waals surface area contributed by atoms with Crippen molar-refractivity contribution >= 4 is 27.5 Å². The number of quaternary nitrogens is 1. The fourth-order valence-electron chi connectivity index (χ4n) is 4.04. The van der Waals surface area contributed by atoms with E-state index < -0.39 is 10.0 Å². The number of nitrogens with one attached hydrogen (secondary N) is 2. The molecule has 1 aliphatic heterocycles. The molecule has 2 aromatic rings. The Bertz CT molecular complexity index is 1050. The van der Waals surface area contributed by atoms with Gasteiger partial charge in [-0.2, -0.15) is 4.31 Å². The molecule has 0 aromatic heterocycles. The van der Waals surface area contributed by atoms with E-state index in [2.05, 4.69) is 5.32 Å². The molecule has 31 heavy (non-hydrogen) atoms. The van der Waals surface area contributed by atoms with Crippen molar-refractivity contribution < 1.29 is 18.1 Å². The number of carbonyl (C=O) groups is 1. The number of hydrogen-bond acceptors (Lipinski definition) is 3. The van der Waals surface area contributed by atoms with Crippen LogP contribution in [0.1, 0.15) is 27.8 Å². The first kappa shape index (κ1) is 23.7. The highest BCUT2D eigenvalue weighted by Crippen LogP contribution is 2.28. The van der Waals surface area contributed by atoms with Crippen molar-refractivity contribution in [3.05, 3.63) is 63.2 Å². The maximum absolute atomic E-state index is 13.4. The monoisotopic (exact) mass is 464 g/mol. The molecule has 1 heterocycles. The first-order chi connectivity index (χ1) is 14.6. The highest BCUT2D eigenvalue weighted by Gasteiger charge is 2.33. The summed E-state index contributed by atoms with van der Waals surface area (Å²) in [5.41, 5.74) is 4.48. The van der Waals surface area contributed by atoms with Crippen molar-refractivity contribution in [3.63, 3.8) is 0 Å². The lowest BCUT2D eigenvalue weighted by atomic mass is 10.0. The Morgan fingerprint density at radius 1 is 1.06 bits per heavy atom. The van der Waals surface area contributed by atoms with Crippen molar-refractivity contribution in [1.82, 2.24) is 9.62 Å². The number of aryl methyl sites for hydroxylation is 2. The number of carbonyl (C=O) groups excluding carboxylic acids is 1. The summed E-state index contributed by atoms with van der Waals surface area (Å²) in [6.45, 7) is 10.4. The van der Waals surface area contributed by atoms with Gasteiger partial charge in [-0.3, -0.25) is 4.79 Å². The van der Waals surface area contributed by atoms with E-state index in [1.807, 2.05) is 52.0 Å². The Morgan fingerprint density at radius 3 is 2.23 bits per heavy atom. The van der Waals surface area contributed by atoms with Gasteiger partial charge in [0.25, 0.3) is 5.91 Å². The molecule has 3 rings (SSSR count). The van der Waals surface area contributed by atoms with Crippen molar-refractivity contribution in [1.29, 1.82) is 0 Å². The number of piperazine rings is 1. The Hall–Kier alpha value is -1.93. The molecule has 1 amide bonds. The van der Waals surface area contributed by atoms with Crippen LogP contribution in [0.5, 0.6) is 0 Å². The van der Waals surface area contributed by atoms with Crippen LogP contribution in [0.15, 0.2) is 35.2 Å². The van der Waals surface area contributed by atoms with Gasteiger partial charge in [-0.05, 0) is 61.6 Å². The standard InChI is InChI=1S/C23H30ClN3O3S/c1-16-13-17(2)19(4)23(18(16)3)31(29,30)27-11-9-26(10-12-27)15-22(28)25-14-20-7-5-6-8-21(20)24/h5-8,13H,9-12,14-15H2,1-4H3,(H,25,28)/p+1.